The molecule has 1 saturated carbocycles. The summed E-state index contributed by atoms with van der Waals surface area (Å²) in [5.41, 5.74) is -0.520. The smallest absolute Gasteiger partial charge is 0.224 e. The van der Waals surface area contributed by atoms with E-state index in [1.165, 1.54) is 4.90 Å². The average Bonchev–Trinajstić information content (AvgIpc) is 2.74. The fourth-order valence-corrected chi connectivity index (χ4v) is 3.14. The Bertz CT molecular complexity index is 397. The van der Waals surface area contributed by atoms with Gasteiger partial charge >= 0.3 is 0 Å². The summed E-state index contributed by atoms with van der Waals surface area (Å²) < 4.78 is 15.4. The van der Waals surface area contributed by atoms with E-state index in [9.17, 15) is 9.90 Å². The summed E-state index contributed by atoms with van der Waals surface area (Å²) in [5, 5.41) is 9.89. The molecule has 3 heteroatoms. The van der Waals surface area contributed by atoms with Gasteiger partial charge in [0.15, 0.2) is 0 Å². The number of nitrogens with zero attached hydrogens (tertiary/aromatic N) is 1. The molecule has 1 amide bonds. The highest BCUT2D eigenvalue weighted by Gasteiger charge is 2.69. The standard InChI is InChI=1S/C11H15NO2/c1-8-4-11(7-13)10(2-3-10)5-9(14)12(11)6-8/h13H,1-7H2/t11-/m0/s1/i7D2. The number of rotatable bonds is 1. The molecule has 0 aromatic rings. The van der Waals surface area contributed by atoms with Gasteiger partial charge in [-0.05, 0) is 19.3 Å². The zero-order valence-electron chi connectivity index (χ0n) is 10.0. The molecule has 2 heterocycles. The van der Waals surface area contributed by atoms with Crippen molar-refractivity contribution < 1.29 is 12.6 Å². The lowest BCUT2D eigenvalue weighted by Crippen LogP contribution is -2.48. The van der Waals surface area contributed by atoms with Crippen molar-refractivity contribution in [3.63, 3.8) is 0 Å². The number of fused-ring (bicyclic) bond motifs is 2. The quantitative estimate of drug-likeness (QED) is 0.625. The van der Waals surface area contributed by atoms with E-state index in [0.717, 1.165) is 18.4 Å². The number of hydrogen-bond donors (Lipinski definition) is 1. The molecule has 1 N–H and O–H groups in total. The molecule has 1 aliphatic carbocycles. The highest BCUT2D eigenvalue weighted by Crippen LogP contribution is 2.66. The summed E-state index contributed by atoms with van der Waals surface area (Å²) in [6, 6.07) is 0. The largest absolute Gasteiger partial charge is 0.394 e. The van der Waals surface area contributed by atoms with Crippen LogP contribution in [-0.4, -0.2) is 34.6 Å². The molecule has 14 heavy (non-hydrogen) atoms. The minimum atomic E-state index is -2.34. The minimum absolute atomic E-state index is 0.0333. The second-order valence-electron chi connectivity index (χ2n) is 4.84. The Kier molecular flexibility index (Phi) is 1.05. The van der Waals surface area contributed by atoms with Gasteiger partial charge in [0.1, 0.15) is 0 Å². The van der Waals surface area contributed by atoms with Crippen molar-refractivity contribution in [2.75, 3.05) is 13.1 Å². The zero-order chi connectivity index (χ0) is 11.8. The molecule has 0 bridgehead atoms. The van der Waals surface area contributed by atoms with Crippen LogP contribution in [0.4, 0.5) is 0 Å². The summed E-state index contributed by atoms with van der Waals surface area (Å²) in [6.07, 6.45) is 2.47. The topological polar surface area (TPSA) is 40.5 Å². The fraction of sp³-hybridized carbons (Fsp3) is 0.727. The molecule has 1 atom stereocenters. The third kappa shape index (κ3) is 0.716. The number of carbonyl (C=O) groups is 1. The van der Waals surface area contributed by atoms with Crippen LogP contribution in [0.2, 0.25) is 0 Å². The monoisotopic (exact) mass is 195 g/mol. The molecule has 76 valence electrons. The summed E-state index contributed by atoms with van der Waals surface area (Å²) in [4.78, 5) is 13.4. The maximum absolute atomic E-state index is 11.9. The molecule has 0 aromatic heterocycles. The number of amides is 1. The van der Waals surface area contributed by atoms with Gasteiger partial charge in [0.2, 0.25) is 5.91 Å². The molecule has 2 saturated heterocycles. The van der Waals surface area contributed by atoms with Gasteiger partial charge in [0.25, 0.3) is 0 Å². The Balaban J connectivity index is 2.16. The summed E-state index contributed by atoms with van der Waals surface area (Å²) in [7, 11) is 0. The maximum Gasteiger partial charge on any atom is 0.224 e. The van der Waals surface area contributed by atoms with Gasteiger partial charge < -0.3 is 10.0 Å². The Morgan fingerprint density at radius 2 is 2.29 bits per heavy atom. The van der Waals surface area contributed by atoms with Gasteiger partial charge in [-0.25, -0.2) is 0 Å². The van der Waals surface area contributed by atoms with Crippen molar-refractivity contribution >= 4 is 5.91 Å². The van der Waals surface area contributed by atoms with Gasteiger partial charge in [-0.3, -0.25) is 4.79 Å². The van der Waals surface area contributed by atoms with Gasteiger partial charge in [-0.1, -0.05) is 12.2 Å². The van der Waals surface area contributed by atoms with Crippen LogP contribution in [0.15, 0.2) is 12.2 Å². The first-order valence-corrected chi connectivity index (χ1v) is 5.02. The van der Waals surface area contributed by atoms with Crippen molar-refractivity contribution in [1.82, 2.24) is 4.90 Å². The molecule has 0 aromatic carbocycles. The van der Waals surface area contributed by atoms with E-state index in [1.54, 1.807) is 0 Å². The normalized spacial score (nSPS) is 41.4. The number of aliphatic hydroxyl groups is 1. The lowest BCUT2D eigenvalue weighted by Gasteiger charge is -2.35. The first kappa shape index (κ1) is 6.62. The van der Waals surface area contributed by atoms with Gasteiger partial charge in [0, 0.05) is 18.4 Å². The maximum atomic E-state index is 11.9. The molecular weight excluding hydrogens is 178 g/mol. The van der Waals surface area contributed by atoms with E-state index in [4.69, 9.17) is 2.74 Å². The lowest BCUT2D eigenvalue weighted by atomic mass is 9.80. The van der Waals surface area contributed by atoms with E-state index in [-0.39, 0.29) is 11.3 Å². The molecular formula is C11H15NO2. The van der Waals surface area contributed by atoms with Crippen LogP contribution in [0.5, 0.6) is 0 Å². The highest BCUT2D eigenvalue weighted by atomic mass is 16.3. The molecule has 0 radical (unpaired) electrons. The second kappa shape index (κ2) is 2.22. The van der Waals surface area contributed by atoms with E-state index < -0.39 is 12.1 Å². The van der Waals surface area contributed by atoms with E-state index in [1.807, 2.05) is 0 Å². The van der Waals surface area contributed by atoms with Crippen LogP contribution in [-0.2, 0) is 4.79 Å². The Morgan fingerprint density at radius 3 is 2.86 bits per heavy atom. The molecule has 3 nitrogen and oxygen atoms in total. The Morgan fingerprint density at radius 1 is 1.57 bits per heavy atom. The molecule has 3 rings (SSSR count). The molecule has 3 fully saturated rings. The van der Waals surface area contributed by atoms with E-state index >= 15 is 0 Å². The zero-order valence-corrected chi connectivity index (χ0v) is 8.05. The van der Waals surface area contributed by atoms with E-state index in [2.05, 4.69) is 6.58 Å². The Labute approximate surface area is 86.2 Å². The number of carbonyl (C=O) groups excluding carboxylic acids is 1. The third-order valence-corrected chi connectivity index (χ3v) is 4.05. The number of hydrogen-bond acceptors (Lipinski definition) is 2. The van der Waals surface area contributed by atoms with Crippen molar-refractivity contribution in [1.29, 1.82) is 0 Å². The van der Waals surface area contributed by atoms with Crippen LogP contribution in [0, 0.1) is 5.41 Å². The molecule has 0 unspecified atom stereocenters. The predicted molar refractivity (Wildman–Crippen MR) is 51.6 cm³/mol. The third-order valence-electron chi connectivity index (χ3n) is 4.05. The van der Waals surface area contributed by atoms with Crippen molar-refractivity contribution in [3.05, 3.63) is 12.2 Å². The highest BCUT2D eigenvalue weighted by molar-refractivity contribution is 5.83. The minimum Gasteiger partial charge on any atom is -0.394 e. The summed E-state index contributed by atoms with van der Waals surface area (Å²) in [6.45, 7) is 1.92. The SMILES string of the molecule is [2H]C([2H])(O)[C@]12CC(=C)CN1C(=O)CC21CC1. The average molecular weight is 195 g/mol. The van der Waals surface area contributed by atoms with Crippen LogP contribution in [0.3, 0.4) is 0 Å². The molecule has 2 aliphatic heterocycles. The second-order valence-corrected chi connectivity index (χ2v) is 4.84. The molecule has 1 spiro atoms. The van der Waals surface area contributed by atoms with Crippen LogP contribution < -0.4 is 0 Å². The summed E-state index contributed by atoms with van der Waals surface area (Å²) in [5.74, 6) is -0.0333. The molecule has 3 aliphatic rings. The van der Waals surface area contributed by atoms with Crippen LogP contribution in [0.1, 0.15) is 28.4 Å². The first-order chi connectivity index (χ1) is 7.32. The summed E-state index contributed by atoms with van der Waals surface area (Å²) >= 11 is 0. The predicted octanol–water partition coefficient (Wildman–Crippen LogP) is 0.690. The fourth-order valence-electron chi connectivity index (χ4n) is 3.14. The van der Waals surface area contributed by atoms with Gasteiger partial charge in [-0.15, -0.1) is 0 Å². The van der Waals surface area contributed by atoms with Gasteiger partial charge in [-0.2, -0.15) is 0 Å². The van der Waals surface area contributed by atoms with Crippen molar-refractivity contribution in [2.24, 2.45) is 5.41 Å². The first-order valence-electron chi connectivity index (χ1n) is 6.02. The lowest BCUT2D eigenvalue weighted by molar-refractivity contribution is -0.130. The van der Waals surface area contributed by atoms with Crippen molar-refractivity contribution in [3.8, 4) is 0 Å². The Hall–Kier alpha value is -0.830. The van der Waals surface area contributed by atoms with Gasteiger partial charge in [0.05, 0.1) is 14.8 Å². The van der Waals surface area contributed by atoms with Crippen molar-refractivity contribution in [2.45, 2.75) is 31.2 Å². The van der Waals surface area contributed by atoms with Crippen LogP contribution in [0.25, 0.3) is 0 Å². The van der Waals surface area contributed by atoms with E-state index in [0.29, 0.717) is 19.4 Å². The van der Waals surface area contributed by atoms with Crippen LogP contribution >= 0.6 is 0 Å².